The molecule has 2 aromatic rings. The number of carbonyl (C=O) groups is 2. The van der Waals surface area contributed by atoms with Crippen LogP contribution in [0.5, 0.6) is 0 Å². The van der Waals surface area contributed by atoms with E-state index >= 15 is 0 Å². The molecule has 3 amide bonds. The topological polar surface area (TPSA) is 78.9 Å². The van der Waals surface area contributed by atoms with Gasteiger partial charge in [0.05, 0.1) is 25.9 Å². The van der Waals surface area contributed by atoms with Crippen LogP contribution in [-0.4, -0.2) is 41.2 Å². The van der Waals surface area contributed by atoms with Gasteiger partial charge in [0, 0.05) is 4.88 Å². The lowest BCUT2D eigenvalue weighted by atomic mass is 9.90. The molecule has 1 aromatic carbocycles. The van der Waals surface area contributed by atoms with E-state index in [4.69, 9.17) is 4.74 Å². The number of carbonyl (C=O) groups excluding carboxylic acids is 2. The van der Waals surface area contributed by atoms with Gasteiger partial charge < -0.3 is 15.2 Å². The second-order valence-electron chi connectivity index (χ2n) is 7.50. The van der Waals surface area contributed by atoms with Crippen molar-refractivity contribution in [3.8, 4) is 0 Å². The van der Waals surface area contributed by atoms with Gasteiger partial charge in [-0.15, -0.1) is 11.3 Å². The molecule has 28 heavy (non-hydrogen) atoms. The van der Waals surface area contributed by atoms with Gasteiger partial charge in [0.15, 0.2) is 0 Å². The van der Waals surface area contributed by atoms with E-state index in [1.54, 1.807) is 18.3 Å². The molecular weight excluding hydrogens is 376 g/mol. The average Bonchev–Trinajstić information content (AvgIpc) is 3.25. The summed E-state index contributed by atoms with van der Waals surface area (Å²) in [6.07, 6.45) is -0.944. The summed E-state index contributed by atoms with van der Waals surface area (Å²) in [5, 5.41) is 14.9. The van der Waals surface area contributed by atoms with Crippen LogP contribution in [0.3, 0.4) is 0 Å². The van der Waals surface area contributed by atoms with Gasteiger partial charge in [-0.1, -0.05) is 44.2 Å². The quantitative estimate of drug-likeness (QED) is 0.665. The maximum Gasteiger partial charge on any atom is 0.325 e. The first kappa shape index (κ1) is 20.5. The molecule has 1 aliphatic heterocycles. The standard InChI is InChI=1S/C21H26N2O4S/c1-14(2)15-6-8-16(9-7-15)21(3)19(25)23(20(26)22-21)11-17(24)12-27-13-18-5-4-10-28-18/h4-10,14,17,24H,11-13H2,1-3H3,(H,22,26)/t17-,21-/m0/s1. The summed E-state index contributed by atoms with van der Waals surface area (Å²) in [6, 6.07) is 11.1. The van der Waals surface area contributed by atoms with E-state index in [2.05, 4.69) is 19.2 Å². The van der Waals surface area contributed by atoms with E-state index in [9.17, 15) is 14.7 Å². The normalized spacial score (nSPS) is 20.7. The first-order chi connectivity index (χ1) is 13.3. The van der Waals surface area contributed by atoms with Crippen LogP contribution in [0.15, 0.2) is 41.8 Å². The summed E-state index contributed by atoms with van der Waals surface area (Å²) < 4.78 is 5.48. The number of ether oxygens (including phenoxy) is 1. The van der Waals surface area contributed by atoms with Crippen LogP contribution < -0.4 is 5.32 Å². The highest BCUT2D eigenvalue weighted by Crippen LogP contribution is 2.30. The lowest BCUT2D eigenvalue weighted by Crippen LogP contribution is -2.42. The smallest absolute Gasteiger partial charge is 0.325 e. The molecular formula is C21H26N2O4S. The Kier molecular flexibility index (Phi) is 6.17. The molecule has 0 radical (unpaired) electrons. The van der Waals surface area contributed by atoms with Gasteiger partial charge in [0.25, 0.3) is 5.91 Å². The minimum Gasteiger partial charge on any atom is -0.389 e. The van der Waals surface area contributed by atoms with E-state index in [0.717, 1.165) is 15.3 Å². The maximum atomic E-state index is 12.9. The van der Waals surface area contributed by atoms with Crippen LogP contribution in [0.4, 0.5) is 4.79 Å². The van der Waals surface area contributed by atoms with Gasteiger partial charge in [-0.05, 0) is 35.4 Å². The number of thiophene rings is 1. The van der Waals surface area contributed by atoms with Gasteiger partial charge in [-0.25, -0.2) is 4.79 Å². The Balaban J connectivity index is 1.62. The molecule has 3 rings (SSSR count). The van der Waals surface area contributed by atoms with Gasteiger partial charge in [0.1, 0.15) is 5.54 Å². The van der Waals surface area contributed by atoms with E-state index < -0.39 is 17.7 Å². The van der Waals surface area contributed by atoms with Crippen LogP contribution >= 0.6 is 11.3 Å². The highest BCUT2D eigenvalue weighted by molar-refractivity contribution is 7.09. The molecule has 1 aromatic heterocycles. The van der Waals surface area contributed by atoms with Crippen LogP contribution in [0.1, 0.15) is 42.7 Å². The van der Waals surface area contributed by atoms with Gasteiger partial charge in [-0.2, -0.15) is 0 Å². The zero-order valence-corrected chi connectivity index (χ0v) is 17.2. The van der Waals surface area contributed by atoms with Crippen molar-refractivity contribution in [1.82, 2.24) is 10.2 Å². The molecule has 0 aliphatic carbocycles. The molecule has 2 heterocycles. The van der Waals surface area contributed by atoms with Gasteiger partial charge in [-0.3, -0.25) is 9.69 Å². The second-order valence-corrected chi connectivity index (χ2v) is 8.53. The van der Waals surface area contributed by atoms with Crippen molar-refractivity contribution < 1.29 is 19.4 Å². The maximum absolute atomic E-state index is 12.9. The minimum absolute atomic E-state index is 0.0504. The lowest BCUT2D eigenvalue weighted by molar-refractivity contribution is -0.132. The Morgan fingerprint density at radius 1 is 1.21 bits per heavy atom. The van der Waals surface area contributed by atoms with Crippen molar-refractivity contribution in [2.24, 2.45) is 0 Å². The number of hydrogen-bond donors (Lipinski definition) is 2. The van der Waals surface area contributed by atoms with Crippen LogP contribution in [0.2, 0.25) is 0 Å². The van der Waals surface area contributed by atoms with E-state index in [1.165, 1.54) is 5.56 Å². The Morgan fingerprint density at radius 2 is 1.93 bits per heavy atom. The Morgan fingerprint density at radius 3 is 2.54 bits per heavy atom. The summed E-state index contributed by atoms with van der Waals surface area (Å²) in [5.74, 6) is 0.0173. The second kappa shape index (κ2) is 8.43. The van der Waals surface area contributed by atoms with E-state index in [0.29, 0.717) is 12.5 Å². The summed E-state index contributed by atoms with van der Waals surface area (Å²) in [5.41, 5.74) is 0.755. The Hall–Kier alpha value is -2.22. The molecule has 1 fully saturated rings. The number of nitrogens with one attached hydrogen (secondary N) is 1. The summed E-state index contributed by atoms with van der Waals surface area (Å²) in [4.78, 5) is 27.5. The van der Waals surface area contributed by atoms with E-state index in [1.807, 2.05) is 41.8 Å². The van der Waals surface area contributed by atoms with Crippen LogP contribution in [-0.2, 0) is 21.7 Å². The highest BCUT2D eigenvalue weighted by atomic mass is 32.1. The number of imide groups is 1. The van der Waals surface area contributed by atoms with Gasteiger partial charge in [0.2, 0.25) is 0 Å². The first-order valence-electron chi connectivity index (χ1n) is 9.34. The number of urea groups is 1. The lowest BCUT2D eigenvalue weighted by Gasteiger charge is -2.23. The summed E-state index contributed by atoms with van der Waals surface area (Å²) in [6.45, 7) is 6.24. The monoisotopic (exact) mass is 402 g/mol. The molecule has 2 N–H and O–H groups in total. The number of amides is 3. The van der Waals surface area contributed by atoms with Crippen molar-refractivity contribution >= 4 is 23.3 Å². The zero-order valence-electron chi connectivity index (χ0n) is 16.3. The molecule has 0 saturated carbocycles. The third kappa shape index (κ3) is 4.27. The SMILES string of the molecule is CC(C)c1ccc([C@]2(C)NC(=O)N(C[C@H](O)COCc3cccs3)C2=O)cc1. The van der Waals surface area contributed by atoms with Crippen molar-refractivity contribution in [3.63, 3.8) is 0 Å². The van der Waals surface area contributed by atoms with Crippen LogP contribution in [0, 0.1) is 0 Å². The number of aliphatic hydroxyl groups excluding tert-OH is 1. The summed E-state index contributed by atoms with van der Waals surface area (Å²) in [7, 11) is 0. The molecule has 6 nitrogen and oxygen atoms in total. The highest BCUT2D eigenvalue weighted by Gasteiger charge is 2.49. The third-order valence-electron chi connectivity index (χ3n) is 4.96. The van der Waals surface area contributed by atoms with Gasteiger partial charge >= 0.3 is 6.03 Å². The molecule has 1 saturated heterocycles. The number of rotatable bonds is 8. The average molecular weight is 403 g/mol. The molecule has 0 spiro atoms. The van der Waals surface area contributed by atoms with Crippen molar-refractivity contribution in [1.29, 1.82) is 0 Å². The van der Waals surface area contributed by atoms with Crippen molar-refractivity contribution in [2.75, 3.05) is 13.2 Å². The Bertz CT molecular complexity index is 819. The third-order valence-corrected chi connectivity index (χ3v) is 5.81. The molecule has 2 atom stereocenters. The zero-order chi connectivity index (χ0) is 20.3. The fourth-order valence-corrected chi connectivity index (χ4v) is 3.85. The predicted molar refractivity (Wildman–Crippen MR) is 108 cm³/mol. The van der Waals surface area contributed by atoms with E-state index in [-0.39, 0.29) is 19.1 Å². The number of nitrogens with zero attached hydrogens (tertiary/aromatic N) is 1. The number of aliphatic hydroxyl groups is 1. The number of hydrogen-bond acceptors (Lipinski definition) is 5. The molecule has 0 bridgehead atoms. The van der Waals surface area contributed by atoms with Crippen LogP contribution in [0.25, 0.3) is 0 Å². The molecule has 1 aliphatic rings. The summed E-state index contributed by atoms with van der Waals surface area (Å²) >= 11 is 1.57. The largest absolute Gasteiger partial charge is 0.389 e. The number of benzene rings is 1. The predicted octanol–water partition coefficient (Wildman–Crippen LogP) is 3.22. The molecule has 150 valence electrons. The Labute approximate surface area is 169 Å². The fraction of sp³-hybridized carbons (Fsp3) is 0.429. The minimum atomic E-state index is -1.13. The molecule has 7 heteroatoms. The fourth-order valence-electron chi connectivity index (χ4n) is 3.21. The van der Waals surface area contributed by atoms with Crippen molar-refractivity contribution in [3.05, 3.63) is 57.8 Å². The number of β-amino-alcohol motifs (C(OH)–C–C–N with tert-alkyl or cyclic N) is 1. The first-order valence-corrected chi connectivity index (χ1v) is 10.2. The molecule has 0 unspecified atom stereocenters. The van der Waals surface area contributed by atoms with Crippen molar-refractivity contribution in [2.45, 2.75) is 44.9 Å².